The van der Waals surface area contributed by atoms with E-state index in [9.17, 15) is 4.79 Å². The molecule has 0 aromatic carbocycles. The van der Waals surface area contributed by atoms with Crippen LogP contribution in [0.25, 0.3) is 0 Å². The van der Waals surface area contributed by atoms with Crippen LogP contribution in [0.2, 0.25) is 0 Å². The molecule has 2 heterocycles. The van der Waals surface area contributed by atoms with Gasteiger partial charge in [0.2, 0.25) is 0 Å². The summed E-state index contributed by atoms with van der Waals surface area (Å²) in [7, 11) is 0. The quantitative estimate of drug-likeness (QED) is 0.866. The topological polar surface area (TPSA) is 39.0 Å². The Kier molecular flexibility index (Phi) is 4.44. The average molecular weight is 259 g/mol. The van der Waals surface area contributed by atoms with Gasteiger partial charge in [0.25, 0.3) is 5.56 Å². The smallest absolute Gasteiger partial charge is 0.250 e. The Labute approximate surface area is 113 Å². The van der Waals surface area contributed by atoms with Crippen molar-refractivity contribution in [2.24, 2.45) is 0 Å². The summed E-state index contributed by atoms with van der Waals surface area (Å²) in [5, 5.41) is 3.35. The van der Waals surface area contributed by atoms with E-state index in [1.807, 2.05) is 19.2 Å². The molecule has 0 aliphatic heterocycles. The van der Waals surface area contributed by atoms with Gasteiger partial charge < -0.3 is 14.5 Å². The van der Waals surface area contributed by atoms with E-state index in [2.05, 4.69) is 35.3 Å². The second kappa shape index (κ2) is 6.27. The molecule has 102 valence electrons. The van der Waals surface area contributed by atoms with E-state index in [0.717, 1.165) is 25.2 Å². The van der Waals surface area contributed by atoms with Gasteiger partial charge in [0.15, 0.2) is 0 Å². The molecule has 0 aliphatic carbocycles. The fourth-order valence-corrected chi connectivity index (χ4v) is 2.08. The van der Waals surface area contributed by atoms with Crippen LogP contribution in [0.1, 0.15) is 25.8 Å². The van der Waals surface area contributed by atoms with Crippen molar-refractivity contribution in [3.05, 3.63) is 52.7 Å². The van der Waals surface area contributed by atoms with Crippen molar-refractivity contribution >= 4 is 5.69 Å². The van der Waals surface area contributed by atoms with E-state index >= 15 is 0 Å². The lowest BCUT2D eigenvalue weighted by Crippen LogP contribution is -2.17. The number of pyridine rings is 1. The molecule has 1 N–H and O–H groups in total. The van der Waals surface area contributed by atoms with Crippen molar-refractivity contribution in [2.45, 2.75) is 39.9 Å². The van der Waals surface area contributed by atoms with Gasteiger partial charge in [-0.2, -0.15) is 0 Å². The molecule has 2 rings (SSSR count). The van der Waals surface area contributed by atoms with Crippen molar-refractivity contribution < 1.29 is 0 Å². The van der Waals surface area contributed by atoms with Crippen LogP contribution in [0, 0.1) is 0 Å². The Morgan fingerprint density at radius 3 is 2.74 bits per heavy atom. The molecule has 0 amide bonds. The van der Waals surface area contributed by atoms with Crippen molar-refractivity contribution in [3.63, 3.8) is 0 Å². The Hall–Kier alpha value is -1.97. The summed E-state index contributed by atoms with van der Waals surface area (Å²) in [5.74, 6) is 0. The number of aromatic nitrogens is 2. The second-order valence-corrected chi connectivity index (χ2v) is 4.65. The number of anilines is 1. The van der Waals surface area contributed by atoms with E-state index < -0.39 is 0 Å². The number of hydrogen-bond acceptors (Lipinski definition) is 2. The predicted molar refractivity (Wildman–Crippen MR) is 78.4 cm³/mol. The molecule has 2 aromatic rings. The lowest BCUT2D eigenvalue weighted by atomic mass is 10.3. The molecule has 0 spiro atoms. The standard InChI is InChI=1S/C15H21N3O/c1-3-8-17-9-7-13(11-17)10-16-14-5-6-15(19)18(4-2)12-14/h5-7,9,11-12,16H,3-4,8,10H2,1-2H3. The number of hydrogen-bond donors (Lipinski definition) is 1. The average Bonchev–Trinajstić information content (AvgIpc) is 2.86. The van der Waals surface area contributed by atoms with Crippen LogP contribution in [0.3, 0.4) is 0 Å². The molecule has 0 atom stereocenters. The van der Waals surface area contributed by atoms with Gasteiger partial charge in [-0.15, -0.1) is 0 Å². The summed E-state index contributed by atoms with van der Waals surface area (Å²) in [4.78, 5) is 11.5. The largest absolute Gasteiger partial charge is 0.380 e. The zero-order chi connectivity index (χ0) is 13.7. The van der Waals surface area contributed by atoms with Gasteiger partial charge in [-0.1, -0.05) is 6.92 Å². The first-order valence-electron chi connectivity index (χ1n) is 6.82. The molecule has 0 bridgehead atoms. The van der Waals surface area contributed by atoms with Crippen LogP contribution in [0.15, 0.2) is 41.6 Å². The Morgan fingerprint density at radius 2 is 2.00 bits per heavy atom. The minimum absolute atomic E-state index is 0.0437. The number of rotatable bonds is 6. The Morgan fingerprint density at radius 1 is 1.16 bits per heavy atom. The number of nitrogens with one attached hydrogen (secondary N) is 1. The summed E-state index contributed by atoms with van der Waals surface area (Å²) in [6.45, 7) is 6.67. The predicted octanol–water partition coefficient (Wildman–Crippen LogP) is 2.69. The van der Waals surface area contributed by atoms with E-state index in [1.54, 1.807) is 10.6 Å². The summed E-state index contributed by atoms with van der Waals surface area (Å²) in [6.07, 6.45) is 7.27. The highest BCUT2D eigenvalue weighted by Crippen LogP contribution is 2.08. The highest BCUT2D eigenvalue weighted by atomic mass is 16.1. The fraction of sp³-hybridized carbons (Fsp3) is 0.400. The van der Waals surface area contributed by atoms with Gasteiger partial charge >= 0.3 is 0 Å². The van der Waals surface area contributed by atoms with Gasteiger partial charge in [0, 0.05) is 44.3 Å². The van der Waals surface area contributed by atoms with Crippen LogP contribution in [-0.4, -0.2) is 9.13 Å². The molecule has 0 saturated carbocycles. The van der Waals surface area contributed by atoms with Crippen LogP contribution in [0.4, 0.5) is 5.69 Å². The number of aryl methyl sites for hydroxylation is 2. The molecule has 0 aliphatic rings. The highest BCUT2D eigenvalue weighted by Gasteiger charge is 1.99. The molecule has 0 fully saturated rings. The first-order valence-corrected chi connectivity index (χ1v) is 6.82. The van der Waals surface area contributed by atoms with E-state index in [0.29, 0.717) is 6.54 Å². The monoisotopic (exact) mass is 259 g/mol. The molecular weight excluding hydrogens is 238 g/mol. The molecule has 0 unspecified atom stereocenters. The lowest BCUT2D eigenvalue weighted by Gasteiger charge is -2.08. The molecule has 2 aromatic heterocycles. The minimum Gasteiger partial charge on any atom is -0.380 e. The van der Waals surface area contributed by atoms with Crippen LogP contribution in [-0.2, 0) is 19.6 Å². The zero-order valence-corrected chi connectivity index (χ0v) is 11.6. The summed E-state index contributed by atoms with van der Waals surface area (Å²) >= 11 is 0. The Bertz CT molecular complexity index is 583. The lowest BCUT2D eigenvalue weighted by molar-refractivity contribution is 0.681. The van der Waals surface area contributed by atoms with Crippen molar-refractivity contribution in [1.82, 2.24) is 9.13 Å². The summed E-state index contributed by atoms with van der Waals surface area (Å²) in [6, 6.07) is 5.56. The van der Waals surface area contributed by atoms with Crippen LogP contribution >= 0.6 is 0 Å². The van der Waals surface area contributed by atoms with Gasteiger partial charge in [-0.3, -0.25) is 4.79 Å². The maximum absolute atomic E-state index is 11.5. The Balaban J connectivity index is 1.99. The summed E-state index contributed by atoms with van der Waals surface area (Å²) in [5.41, 5.74) is 2.27. The third kappa shape index (κ3) is 3.50. The third-order valence-electron chi connectivity index (χ3n) is 3.11. The molecule has 4 nitrogen and oxygen atoms in total. The summed E-state index contributed by atoms with van der Waals surface area (Å²) < 4.78 is 3.90. The number of nitrogens with zero attached hydrogens (tertiary/aromatic N) is 2. The molecular formula is C15H21N3O. The molecule has 19 heavy (non-hydrogen) atoms. The van der Waals surface area contributed by atoms with Gasteiger partial charge in [-0.25, -0.2) is 0 Å². The SMILES string of the molecule is CCCn1ccc(CNc2ccc(=O)n(CC)c2)c1. The molecule has 4 heteroatoms. The van der Waals surface area contributed by atoms with Gasteiger partial charge in [0.05, 0.1) is 5.69 Å². The second-order valence-electron chi connectivity index (χ2n) is 4.65. The third-order valence-corrected chi connectivity index (χ3v) is 3.11. The van der Waals surface area contributed by atoms with E-state index in [1.165, 1.54) is 5.56 Å². The first-order chi connectivity index (χ1) is 9.22. The fourth-order valence-electron chi connectivity index (χ4n) is 2.08. The molecule has 0 radical (unpaired) electrons. The van der Waals surface area contributed by atoms with E-state index in [-0.39, 0.29) is 5.56 Å². The van der Waals surface area contributed by atoms with E-state index in [4.69, 9.17) is 0 Å². The van der Waals surface area contributed by atoms with Crippen molar-refractivity contribution in [1.29, 1.82) is 0 Å². The van der Waals surface area contributed by atoms with Crippen molar-refractivity contribution in [2.75, 3.05) is 5.32 Å². The normalized spacial score (nSPS) is 10.6. The van der Waals surface area contributed by atoms with Gasteiger partial charge in [0.1, 0.15) is 0 Å². The maximum Gasteiger partial charge on any atom is 0.250 e. The minimum atomic E-state index is 0.0437. The maximum atomic E-state index is 11.5. The first kappa shape index (κ1) is 13.5. The zero-order valence-electron chi connectivity index (χ0n) is 11.6. The highest BCUT2D eigenvalue weighted by molar-refractivity contribution is 5.40. The van der Waals surface area contributed by atoms with Crippen LogP contribution < -0.4 is 10.9 Å². The van der Waals surface area contributed by atoms with Crippen molar-refractivity contribution in [3.8, 4) is 0 Å². The van der Waals surface area contributed by atoms with Crippen LogP contribution in [0.5, 0.6) is 0 Å². The molecule has 0 saturated heterocycles. The van der Waals surface area contributed by atoms with Gasteiger partial charge in [-0.05, 0) is 31.0 Å².